The highest BCUT2D eigenvalue weighted by molar-refractivity contribution is 5.84. The normalized spacial score (nSPS) is 23.5. The van der Waals surface area contributed by atoms with Crippen molar-refractivity contribution >= 4 is 16.9 Å². The number of carbonyl (C=O) groups is 1. The van der Waals surface area contributed by atoms with Gasteiger partial charge in [-0.15, -0.1) is 0 Å². The highest BCUT2D eigenvalue weighted by Gasteiger charge is 2.41. The molecule has 2 aromatic rings. The van der Waals surface area contributed by atoms with Gasteiger partial charge in [-0.3, -0.25) is 9.69 Å². The van der Waals surface area contributed by atoms with Gasteiger partial charge in [-0.05, 0) is 44.4 Å². The summed E-state index contributed by atoms with van der Waals surface area (Å²) >= 11 is 0. The Hall–Kier alpha value is -1.81. The molecular weight excluding hydrogens is 264 g/mol. The predicted molar refractivity (Wildman–Crippen MR) is 83.2 cm³/mol. The molecule has 1 saturated heterocycles. The molecule has 4 nitrogen and oxygen atoms in total. The number of likely N-dealkylation sites (tertiary alicyclic amines) is 1. The van der Waals surface area contributed by atoms with Crippen molar-refractivity contribution in [2.24, 2.45) is 7.05 Å². The maximum atomic E-state index is 11.7. The minimum Gasteiger partial charge on any atom is -0.480 e. The summed E-state index contributed by atoms with van der Waals surface area (Å²) in [6, 6.07) is 8.30. The third-order valence-electron chi connectivity index (χ3n) is 4.84. The summed E-state index contributed by atoms with van der Waals surface area (Å²) in [6.07, 6.45) is 4.93. The van der Waals surface area contributed by atoms with Crippen LogP contribution in [0.5, 0.6) is 0 Å². The van der Waals surface area contributed by atoms with E-state index in [1.165, 1.54) is 16.5 Å². The fraction of sp³-hybridized carbons (Fsp3) is 0.471. The zero-order valence-corrected chi connectivity index (χ0v) is 12.7. The number of carboxylic acid groups (broad SMARTS) is 1. The topological polar surface area (TPSA) is 45.5 Å². The Kier molecular flexibility index (Phi) is 3.49. The zero-order chi connectivity index (χ0) is 15.0. The van der Waals surface area contributed by atoms with E-state index in [1.54, 1.807) is 0 Å². The number of fused-ring (bicyclic) bond motifs is 1. The van der Waals surface area contributed by atoms with Crippen LogP contribution in [0.4, 0.5) is 0 Å². The van der Waals surface area contributed by atoms with Crippen molar-refractivity contribution in [2.75, 3.05) is 6.54 Å². The Morgan fingerprint density at radius 1 is 1.33 bits per heavy atom. The molecule has 1 fully saturated rings. The average molecular weight is 286 g/mol. The van der Waals surface area contributed by atoms with Crippen LogP contribution in [-0.2, 0) is 18.4 Å². The first-order valence-electron chi connectivity index (χ1n) is 7.54. The van der Waals surface area contributed by atoms with E-state index >= 15 is 0 Å². The van der Waals surface area contributed by atoms with Crippen molar-refractivity contribution in [2.45, 2.75) is 38.3 Å². The van der Waals surface area contributed by atoms with Crippen LogP contribution in [0.2, 0.25) is 0 Å². The van der Waals surface area contributed by atoms with Gasteiger partial charge >= 0.3 is 5.97 Å². The van der Waals surface area contributed by atoms with Crippen LogP contribution in [0, 0.1) is 0 Å². The lowest BCUT2D eigenvalue weighted by Crippen LogP contribution is -2.54. The van der Waals surface area contributed by atoms with Crippen LogP contribution in [-0.4, -0.2) is 32.6 Å². The van der Waals surface area contributed by atoms with E-state index in [4.69, 9.17) is 0 Å². The standard InChI is InChI=1S/C17H22N2O2/c1-17(16(20)21)9-5-6-10-19(17)12-13-11-18(2)15-8-4-3-7-14(13)15/h3-4,7-8,11H,5-6,9-10,12H2,1-2H3,(H,20,21). The van der Waals surface area contributed by atoms with E-state index in [9.17, 15) is 9.90 Å². The van der Waals surface area contributed by atoms with Crippen molar-refractivity contribution in [3.05, 3.63) is 36.0 Å². The van der Waals surface area contributed by atoms with Gasteiger partial charge in [0.15, 0.2) is 0 Å². The number of aryl methyl sites for hydroxylation is 1. The van der Waals surface area contributed by atoms with Crippen LogP contribution in [0.25, 0.3) is 10.9 Å². The molecular formula is C17H22N2O2. The van der Waals surface area contributed by atoms with Crippen LogP contribution in [0.3, 0.4) is 0 Å². The molecule has 1 atom stereocenters. The second-order valence-electron chi connectivity index (χ2n) is 6.24. The molecule has 4 heteroatoms. The van der Waals surface area contributed by atoms with Crippen molar-refractivity contribution < 1.29 is 9.90 Å². The van der Waals surface area contributed by atoms with E-state index in [-0.39, 0.29) is 0 Å². The van der Waals surface area contributed by atoms with Crippen LogP contribution in [0.15, 0.2) is 30.5 Å². The Labute approximate surface area is 125 Å². The van der Waals surface area contributed by atoms with E-state index in [1.807, 2.05) is 26.1 Å². The number of aromatic nitrogens is 1. The van der Waals surface area contributed by atoms with Crippen molar-refractivity contribution in [3.63, 3.8) is 0 Å². The van der Waals surface area contributed by atoms with Gasteiger partial charge in [-0.25, -0.2) is 0 Å². The number of hydrogen-bond donors (Lipinski definition) is 1. The first kappa shape index (κ1) is 14.1. The van der Waals surface area contributed by atoms with Gasteiger partial charge in [0.2, 0.25) is 0 Å². The molecule has 2 heterocycles. The van der Waals surface area contributed by atoms with Gasteiger partial charge in [0, 0.05) is 30.7 Å². The summed E-state index contributed by atoms with van der Waals surface area (Å²) in [7, 11) is 2.04. The lowest BCUT2D eigenvalue weighted by molar-refractivity contribution is -0.153. The molecule has 0 amide bonds. The molecule has 0 saturated carbocycles. The van der Waals surface area contributed by atoms with Crippen molar-refractivity contribution in [1.82, 2.24) is 9.47 Å². The van der Waals surface area contributed by atoms with Crippen LogP contribution < -0.4 is 0 Å². The van der Waals surface area contributed by atoms with Gasteiger partial charge < -0.3 is 9.67 Å². The number of para-hydroxylation sites is 1. The van der Waals surface area contributed by atoms with E-state index < -0.39 is 11.5 Å². The zero-order valence-electron chi connectivity index (χ0n) is 12.7. The quantitative estimate of drug-likeness (QED) is 0.943. The Morgan fingerprint density at radius 2 is 2.10 bits per heavy atom. The predicted octanol–water partition coefficient (Wildman–Crippen LogP) is 3.01. The van der Waals surface area contributed by atoms with Crippen LogP contribution in [0.1, 0.15) is 31.7 Å². The molecule has 1 N–H and O–H groups in total. The summed E-state index contributed by atoms with van der Waals surface area (Å²) in [5.41, 5.74) is 1.67. The number of rotatable bonds is 3. The van der Waals surface area contributed by atoms with Gasteiger partial charge in [0.1, 0.15) is 5.54 Å². The Bertz CT molecular complexity index is 676. The lowest BCUT2D eigenvalue weighted by atomic mass is 9.88. The Balaban J connectivity index is 1.95. The fourth-order valence-electron chi connectivity index (χ4n) is 3.43. The number of piperidine rings is 1. The smallest absolute Gasteiger partial charge is 0.323 e. The van der Waals surface area contributed by atoms with E-state index in [0.717, 1.165) is 25.8 Å². The maximum Gasteiger partial charge on any atom is 0.323 e. The van der Waals surface area contributed by atoms with Crippen molar-refractivity contribution in [1.29, 1.82) is 0 Å². The third kappa shape index (κ3) is 2.33. The van der Waals surface area contributed by atoms with Gasteiger partial charge in [-0.2, -0.15) is 0 Å². The van der Waals surface area contributed by atoms with Gasteiger partial charge in [0.25, 0.3) is 0 Å². The number of hydrogen-bond acceptors (Lipinski definition) is 2. The monoisotopic (exact) mass is 286 g/mol. The number of benzene rings is 1. The summed E-state index contributed by atoms with van der Waals surface area (Å²) < 4.78 is 2.12. The second kappa shape index (κ2) is 5.19. The number of nitrogens with zero attached hydrogens (tertiary/aromatic N) is 2. The summed E-state index contributed by atoms with van der Waals surface area (Å²) in [5, 5.41) is 10.8. The third-order valence-corrected chi connectivity index (χ3v) is 4.84. The van der Waals surface area contributed by atoms with Crippen molar-refractivity contribution in [3.8, 4) is 0 Å². The molecule has 1 aliphatic heterocycles. The molecule has 1 aromatic heterocycles. The van der Waals surface area contributed by atoms with Gasteiger partial charge in [0.05, 0.1) is 0 Å². The molecule has 0 spiro atoms. The summed E-state index contributed by atoms with van der Waals surface area (Å²) in [4.78, 5) is 13.8. The first-order valence-corrected chi connectivity index (χ1v) is 7.54. The maximum absolute atomic E-state index is 11.7. The fourth-order valence-corrected chi connectivity index (χ4v) is 3.43. The molecule has 1 aliphatic rings. The van der Waals surface area contributed by atoms with Gasteiger partial charge in [-0.1, -0.05) is 18.2 Å². The second-order valence-corrected chi connectivity index (χ2v) is 6.24. The summed E-state index contributed by atoms with van der Waals surface area (Å²) in [6.45, 7) is 3.41. The number of carboxylic acids is 1. The van der Waals surface area contributed by atoms with Crippen LogP contribution >= 0.6 is 0 Å². The molecule has 0 radical (unpaired) electrons. The first-order chi connectivity index (χ1) is 10.0. The highest BCUT2D eigenvalue weighted by atomic mass is 16.4. The molecule has 0 aliphatic carbocycles. The molecule has 1 aromatic carbocycles. The highest BCUT2D eigenvalue weighted by Crippen LogP contribution is 2.31. The number of aliphatic carboxylic acids is 1. The minimum atomic E-state index is -0.741. The largest absolute Gasteiger partial charge is 0.480 e. The molecule has 0 bridgehead atoms. The average Bonchev–Trinajstić information content (AvgIpc) is 2.79. The molecule has 1 unspecified atom stereocenters. The lowest BCUT2D eigenvalue weighted by Gasteiger charge is -2.41. The molecule has 21 heavy (non-hydrogen) atoms. The van der Waals surface area contributed by atoms with E-state index in [0.29, 0.717) is 6.54 Å². The molecule has 3 rings (SSSR count). The summed E-state index contributed by atoms with van der Waals surface area (Å²) in [5.74, 6) is -0.706. The SMILES string of the molecule is Cn1cc(CN2CCCCC2(C)C(=O)O)c2ccccc21. The molecule has 112 valence electrons. The van der Waals surface area contributed by atoms with E-state index in [2.05, 4.69) is 27.8 Å². The Morgan fingerprint density at radius 3 is 2.86 bits per heavy atom. The minimum absolute atomic E-state index is 0.699.